The van der Waals surface area contributed by atoms with Crippen LogP contribution in [0.3, 0.4) is 0 Å². The fraction of sp³-hybridized carbons (Fsp3) is 0.238. The molecule has 0 bridgehead atoms. The Bertz CT molecular complexity index is 1330. The number of nitrogens with one attached hydrogen (secondary N) is 1. The van der Waals surface area contributed by atoms with Crippen molar-refractivity contribution in [2.75, 3.05) is 18.4 Å². The number of hydrogen-bond donors (Lipinski definition) is 2. The predicted octanol–water partition coefficient (Wildman–Crippen LogP) is 3.04. The third kappa shape index (κ3) is 4.12. The Balaban J connectivity index is 1.39. The summed E-state index contributed by atoms with van der Waals surface area (Å²) in [5.74, 6) is 0.311. The van der Waals surface area contributed by atoms with Crippen LogP contribution in [0.2, 0.25) is 5.02 Å². The number of imidazole rings is 1. The number of halogens is 3. The molecule has 1 saturated heterocycles. The molecule has 3 aromatic heterocycles. The minimum Gasteiger partial charge on any atom is -0.337 e. The van der Waals surface area contributed by atoms with Crippen LogP contribution < -0.4 is 11.1 Å². The summed E-state index contributed by atoms with van der Waals surface area (Å²) in [7, 11) is 0. The standard InChI is InChI=1S/C21H19ClF2N8O/c22-16-5-14(1-2-15(16)21(33)30-9-13(25)10-30)29-19-20-27-7-17(32(20)4-3-26-19)12-6-28-31(8-12)11-18(23)24/h1-8,13,18H,9-11,25H2,(H,26,29). The topological polar surface area (TPSA) is 106 Å². The molecule has 0 spiro atoms. The molecule has 170 valence electrons. The van der Waals surface area contributed by atoms with Crippen molar-refractivity contribution in [2.24, 2.45) is 5.73 Å². The third-order valence-corrected chi connectivity index (χ3v) is 5.65. The van der Waals surface area contributed by atoms with Crippen LogP contribution in [0, 0.1) is 0 Å². The van der Waals surface area contributed by atoms with Gasteiger partial charge in [-0.3, -0.25) is 13.9 Å². The van der Waals surface area contributed by atoms with Crippen molar-refractivity contribution in [2.45, 2.75) is 19.0 Å². The van der Waals surface area contributed by atoms with E-state index in [4.69, 9.17) is 17.3 Å². The molecule has 0 radical (unpaired) electrons. The van der Waals surface area contributed by atoms with Gasteiger partial charge in [0.2, 0.25) is 0 Å². The van der Waals surface area contributed by atoms with Gasteiger partial charge in [0.25, 0.3) is 12.3 Å². The molecule has 1 aromatic carbocycles. The molecule has 1 aliphatic rings. The Kier molecular flexibility index (Phi) is 5.43. The number of nitrogens with zero attached hydrogens (tertiary/aromatic N) is 6. The smallest absolute Gasteiger partial charge is 0.257 e. The molecule has 3 N–H and O–H groups in total. The van der Waals surface area contributed by atoms with E-state index >= 15 is 0 Å². The third-order valence-electron chi connectivity index (χ3n) is 5.34. The quantitative estimate of drug-likeness (QED) is 0.447. The minimum absolute atomic E-state index is 0.0123. The van der Waals surface area contributed by atoms with Gasteiger partial charge >= 0.3 is 0 Å². The summed E-state index contributed by atoms with van der Waals surface area (Å²) in [5, 5.41) is 7.46. The molecule has 0 aliphatic carbocycles. The number of rotatable bonds is 6. The lowest BCUT2D eigenvalue weighted by Gasteiger charge is -2.37. The first kappa shape index (κ1) is 21.3. The van der Waals surface area contributed by atoms with E-state index in [0.717, 1.165) is 0 Å². The Morgan fingerprint density at radius 1 is 1.27 bits per heavy atom. The van der Waals surface area contributed by atoms with E-state index in [2.05, 4.69) is 20.4 Å². The highest BCUT2D eigenvalue weighted by atomic mass is 35.5. The molecular formula is C21H19ClF2N8O. The molecule has 0 unspecified atom stereocenters. The highest BCUT2D eigenvalue weighted by Gasteiger charge is 2.29. The van der Waals surface area contributed by atoms with Crippen LogP contribution in [-0.2, 0) is 6.54 Å². The molecule has 0 atom stereocenters. The first-order chi connectivity index (χ1) is 15.9. The van der Waals surface area contributed by atoms with Crippen LogP contribution >= 0.6 is 11.6 Å². The summed E-state index contributed by atoms with van der Waals surface area (Å²) in [5.41, 5.74) is 8.65. The van der Waals surface area contributed by atoms with Gasteiger partial charge in [-0.25, -0.2) is 18.7 Å². The van der Waals surface area contributed by atoms with Crippen LogP contribution in [0.25, 0.3) is 16.9 Å². The average molecular weight is 473 g/mol. The van der Waals surface area contributed by atoms with Gasteiger partial charge < -0.3 is 16.0 Å². The minimum atomic E-state index is -2.49. The number of fused-ring (bicyclic) bond motifs is 1. The summed E-state index contributed by atoms with van der Waals surface area (Å²) >= 11 is 6.37. The number of aromatic nitrogens is 5. The molecule has 4 heterocycles. The van der Waals surface area contributed by atoms with Crippen LogP contribution in [-0.4, -0.2) is 60.5 Å². The maximum absolute atomic E-state index is 12.6. The lowest BCUT2D eigenvalue weighted by molar-refractivity contribution is 0.0608. The highest BCUT2D eigenvalue weighted by Crippen LogP contribution is 2.28. The molecule has 33 heavy (non-hydrogen) atoms. The Morgan fingerprint density at radius 2 is 2.09 bits per heavy atom. The fourth-order valence-corrected chi connectivity index (χ4v) is 3.97. The lowest BCUT2D eigenvalue weighted by Crippen LogP contribution is -2.57. The van der Waals surface area contributed by atoms with E-state index in [-0.39, 0.29) is 11.9 Å². The molecule has 4 aromatic rings. The van der Waals surface area contributed by atoms with Gasteiger partial charge in [0, 0.05) is 49.0 Å². The number of alkyl halides is 2. The molecule has 1 amide bonds. The van der Waals surface area contributed by atoms with Crippen LogP contribution in [0.1, 0.15) is 10.4 Å². The Labute approximate surface area is 191 Å². The summed E-state index contributed by atoms with van der Waals surface area (Å²) in [6, 6.07) is 5.06. The number of likely N-dealkylation sites (tertiary alicyclic amines) is 1. The van der Waals surface area contributed by atoms with Gasteiger partial charge in [0.05, 0.1) is 28.7 Å². The largest absolute Gasteiger partial charge is 0.337 e. The van der Waals surface area contributed by atoms with E-state index in [9.17, 15) is 13.6 Å². The molecule has 9 nitrogen and oxygen atoms in total. The highest BCUT2D eigenvalue weighted by molar-refractivity contribution is 6.34. The van der Waals surface area contributed by atoms with Crippen LogP contribution in [0.15, 0.2) is 49.2 Å². The van der Waals surface area contributed by atoms with Crippen molar-refractivity contribution in [3.8, 4) is 11.3 Å². The number of benzene rings is 1. The van der Waals surface area contributed by atoms with Crippen molar-refractivity contribution >= 4 is 34.7 Å². The SMILES string of the molecule is NC1CN(C(=O)c2ccc(Nc3nccn4c(-c5cnn(CC(F)F)c5)cnc34)cc2Cl)C1. The molecule has 0 saturated carbocycles. The molecule has 1 aliphatic heterocycles. The van der Waals surface area contributed by atoms with Gasteiger partial charge in [0.15, 0.2) is 11.5 Å². The molecular weight excluding hydrogens is 454 g/mol. The maximum atomic E-state index is 12.6. The predicted molar refractivity (Wildman–Crippen MR) is 119 cm³/mol. The summed E-state index contributed by atoms with van der Waals surface area (Å²) < 4.78 is 28.2. The Morgan fingerprint density at radius 3 is 2.82 bits per heavy atom. The zero-order valence-electron chi connectivity index (χ0n) is 17.2. The van der Waals surface area contributed by atoms with Crippen molar-refractivity contribution in [3.05, 3.63) is 59.8 Å². The second kappa shape index (κ2) is 8.41. The second-order valence-corrected chi connectivity index (χ2v) is 8.15. The number of hydrogen-bond acceptors (Lipinski definition) is 6. The summed E-state index contributed by atoms with van der Waals surface area (Å²) in [6.07, 6.45) is 5.51. The molecule has 12 heteroatoms. The van der Waals surface area contributed by atoms with E-state index in [1.807, 2.05) is 0 Å². The number of carbonyl (C=O) groups is 1. The van der Waals surface area contributed by atoms with Crippen molar-refractivity contribution in [3.63, 3.8) is 0 Å². The van der Waals surface area contributed by atoms with Gasteiger partial charge in [-0.05, 0) is 18.2 Å². The zero-order valence-corrected chi connectivity index (χ0v) is 18.0. The zero-order chi connectivity index (χ0) is 23.1. The van der Waals surface area contributed by atoms with Gasteiger partial charge in [-0.15, -0.1) is 0 Å². The normalized spacial score (nSPS) is 14.2. The number of carbonyl (C=O) groups excluding carboxylic acids is 1. The monoisotopic (exact) mass is 472 g/mol. The maximum Gasteiger partial charge on any atom is 0.257 e. The lowest BCUT2D eigenvalue weighted by atomic mass is 10.1. The van der Waals surface area contributed by atoms with Gasteiger partial charge in [-0.2, -0.15) is 5.10 Å². The van der Waals surface area contributed by atoms with E-state index < -0.39 is 13.0 Å². The van der Waals surface area contributed by atoms with E-state index in [1.165, 1.54) is 10.9 Å². The first-order valence-electron chi connectivity index (χ1n) is 10.1. The molecule has 5 rings (SSSR count). The van der Waals surface area contributed by atoms with Crippen LogP contribution in [0.5, 0.6) is 0 Å². The van der Waals surface area contributed by atoms with Crippen molar-refractivity contribution < 1.29 is 13.6 Å². The van der Waals surface area contributed by atoms with Crippen molar-refractivity contribution in [1.82, 2.24) is 29.0 Å². The number of anilines is 2. The summed E-state index contributed by atoms with van der Waals surface area (Å²) in [4.78, 5) is 23.0. The summed E-state index contributed by atoms with van der Waals surface area (Å²) in [6.45, 7) is 0.559. The fourth-order valence-electron chi connectivity index (χ4n) is 3.71. The van der Waals surface area contributed by atoms with Gasteiger partial charge in [-0.1, -0.05) is 11.6 Å². The van der Waals surface area contributed by atoms with E-state index in [0.29, 0.717) is 52.1 Å². The van der Waals surface area contributed by atoms with Crippen molar-refractivity contribution in [1.29, 1.82) is 0 Å². The first-order valence-corrected chi connectivity index (χ1v) is 10.5. The van der Waals surface area contributed by atoms with Crippen LogP contribution in [0.4, 0.5) is 20.3 Å². The molecule has 1 fully saturated rings. The Hall–Kier alpha value is -3.57. The number of nitrogens with two attached hydrogens (primary N) is 1. The number of amides is 1. The van der Waals surface area contributed by atoms with Gasteiger partial charge in [0.1, 0.15) is 6.54 Å². The van der Waals surface area contributed by atoms with E-state index in [1.54, 1.807) is 52.3 Å². The second-order valence-electron chi connectivity index (χ2n) is 7.74. The average Bonchev–Trinajstić information content (AvgIpc) is 3.38.